The number of benzene rings is 2. The van der Waals surface area contributed by atoms with Gasteiger partial charge in [0.2, 0.25) is 0 Å². The van der Waals surface area contributed by atoms with Crippen LogP contribution in [0.2, 0.25) is 0 Å². The maximum absolute atomic E-state index is 7.19. The smallest absolute Gasteiger partial charge is 0.264 e. The molecule has 38 heavy (non-hydrogen) atoms. The molecule has 1 fully saturated rings. The molecule has 0 unspecified atom stereocenters. The second-order valence-corrected chi connectivity index (χ2v) is 17.4. The lowest BCUT2D eigenvalue weighted by Crippen LogP contribution is -2.55. The molecule has 0 saturated carbocycles. The molecule has 2 aromatic rings. The summed E-state index contributed by atoms with van der Waals surface area (Å²) >= 11 is 0. The molecule has 4 nitrogen and oxygen atoms in total. The van der Waals surface area contributed by atoms with Gasteiger partial charge in [0.15, 0.2) is 0 Å². The van der Waals surface area contributed by atoms with E-state index in [1.165, 1.54) is 22.3 Å². The molecule has 1 saturated heterocycles. The van der Waals surface area contributed by atoms with Crippen LogP contribution in [0.5, 0.6) is 11.5 Å². The molecule has 0 spiro atoms. The first kappa shape index (κ1) is 31.3. The van der Waals surface area contributed by atoms with Crippen LogP contribution >= 0.6 is 16.9 Å². The number of hydrogen-bond donors (Lipinski definition) is 0. The van der Waals surface area contributed by atoms with Crippen LogP contribution in [0, 0.1) is 0 Å². The van der Waals surface area contributed by atoms with Crippen LogP contribution in [0.15, 0.2) is 36.4 Å². The number of rotatable bonds is 8. The molecular weight excluding hydrogens is 506 g/mol. The van der Waals surface area contributed by atoms with E-state index in [0.29, 0.717) is 23.7 Å². The first-order valence-corrected chi connectivity index (χ1v) is 16.6. The zero-order valence-electron chi connectivity index (χ0n) is 26.4. The summed E-state index contributed by atoms with van der Waals surface area (Å²) in [4.78, 5) is 0. The predicted octanol–water partition coefficient (Wildman–Crippen LogP) is 11.3. The first-order valence-electron chi connectivity index (χ1n) is 14.3. The van der Waals surface area contributed by atoms with E-state index in [4.69, 9.17) is 9.05 Å². The Kier molecular flexibility index (Phi) is 9.69. The first-order chi connectivity index (χ1) is 17.5. The third-order valence-corrected chi connectivity index (χ3v) is 13.1. The zero-order chi connectivity index (χ0) is 28.7. The van der Waals surface area contributed by atoms with Crippen molar-refractivity contribution in [3.05, 3.63) is 58.7 Å². The highest BCUT2D eigenvalue weighted by atomic mass is 31.3. The molecule has 1 heterocycles. The molecule has 0 aliphatic carbocycles. The van der Waals surface area contributed by atoms with E-state index in [-0.39, 0.29) is 11.1 Å². The van der Waals surface area contributed by atoms with Crippen molar-refractivity contribution in [2.75, 3.05) is 0 Å². The van der Waals surface area contributed by atoms with Gasteiger partial charge in [0.05, 0.1) is 0 Å². The van der Waals surface area contributed by atoms with Gasteiger partial charge in [-0.05, 0) is 87.5 Å². The van der Waals surface area contributed by atoms with Crippen molar-refractivity contribution in [2.24, 2.45) is 0 Å². The molecular formula is C32H52N2O2P2. The second-order valence-electron chi connectivity index (χ2n) is 13.8. The van der Waals surface area contributed by atoms with Crippen LogP contribution in [0.1, 0.15) is 143 Å². The Morgan fingerprint density at radius 1 is 0.500 bits per heavy atom. The van der Waals surface area contributed by atoms with Gasteiger partial charge in [-0.1, -0.05) is 91.8 Å². The SMILES string of the molecule is CC(C)c1cccc(C(C)C)c1OP1N(C(C)(C)C)P(Oc2c(C(C)C)cccc2C(C)C)N1C(C)(C)C. The van der Waals surface area contributed by atoms with Crippen molar-refractivity contribution < 1.29 is 9.05 Å². The Morgan fingerprint density at radius 3 is 0.921 bits per heavy atom. The highest BCUT2D eigenvalue weighted by Crippen LogP contribution is 2.81. The molecule has 2 aromatic carbocycles. The van der Waals surface area contributed by atoms with Crippen molar-refractivity contribution in [2.45, 2.75) is 132 Å². The summed E-state index contributed by atoms with van der Waals surface area (Å²) in [5.41, 5.74) is 4.90. The fourth-order valence-corrected chi connectivity index (χ4v) is 10.1. The fourth-order valence-electron chi connectivity index (χ4n) is 4.78. The normalized spacial score (nSPS) is 19.5. The van der Waals surface area contributed by atoms with Crippen molar-refractivity contribution >= 4 is 16.9 Å². The largest absolute Gasteiger partial charge is 0.443 e. The van der Waals surface area contributed by atoms with Crippen molar-refractivity contribution in [1.82, 2.24) is 8.88 Å². The van der Waals surface area contributed by atoms with Crippen LogP contribution in [-0.2, 0) is 0 Å². The van der Waals surface area contributed by atoms with E-state index in [1.54, 1.807) is 0 Å². The lowest BCUT2D eigenvalue weighted by atomic mass is 9.94. The molecule has 0 atom stereocenters. The van der Waals surface area contributed by atoms with Crippen LogP contribution < -0.4 is 9.05 Å². The predicted molar refractivity (Wildman–Crippen MR) is 168 cm³/mol. The highest BCUT2D eigenvalue weighted by molar-refractivity contribution is 7.78. The van der Waals surface area contributed by atoms with Gasteiger partial charge >= 0.3 is 0 Å². The zero-order valence-corrected chi connectivity index (χ0v) is 28.2. The third-order valence-electron chi connectivity index (χ3n) is 6.83. The van der Waals surface area contributed by atoms with Crippen LogP contribution in [0.4, 0.5) is 0 Å². The number of para-hydroxylation sites is 2. The third kappa shape index (κ3) is 6.41. The lowest BCUT2D eigenvalue weighted by Gasteiger charge is -2.61. The Hall–Kier alpha value is -1.18. The van der Waals surface area contributed by atoms with Gasteiger partial charge in [-0.25, -0.2) is 0 Å². The lowest BCUT2D eigenvalue weighted by molar-refractivity contribution is 0.224. The van der Waals surface area contributed by atoms with Gasteiger partial charge in [-0.2, -0.15) is 8.88 Å². The Labute approximate surface area is 236 Å². The van der Waals surface area contributed by atoms with Gasteiger partial charge in [0.25, 0.3) is 16.9 Å². The Bertz CT molecular complexity index is 952. The van der Waals surface area contributed by atoms with E-state index in [9.17, 15) is 0 Å². The molecule has 0 radical (unpaired) electrons. The minimum Gasteiger partial charge on any atom is -0.443 e. The second kappa shape index (κ2) is 11.7. The highest BCUT2D eigenvalue weighted by Gasteiger charge is 2.61. The van der Waals surface area contributed by atoms with Crippen molar-refractivity contribution in [3.8, 4) is 11.5 Å². The monoisotopic (exact) mass is 558 g/mol. The van der Waals surface area contributed by atoms with Gasteiger partial charge < -0.3 is 9.05 Å². The van der Waals surface area contributed by atoms with Gasteiger partial charge in [0.1, 0.15) is 11.5 Å². The molecule has 1 aliphatic rings. The number of hydrogen-bond acceptors (Lipinski definition) is 4. The van der Waals surface area contributed by atoms with E-state index in [0.717, 1.165) is 11.5 Å². The van der Waals surface area contributed by atoms with Crippen LogP contribution in [-0.4, -0.2) is 20.0 Å². The van der Waals surface area contributed by atoms with Gasteiger partial charge in [-0.15, -0.1) is 0 Å². The fraction of sp³-hybridized carbons (Fsp3) is 0.625. The van der Waals surface area contributed by atoms with Crippen molar-refractivity contribution in [1.29, 1.82) is 0 Å². The summed E-state index contributed by atoms with van der Waals surface area (Å²) in [5, 5.41) is 0. The topological polar surface area (TPSA) is 24.9 Å². The molecule has 0 N–H and O–H groups in total. The summed E-state index contributed by atoms with van der Waals surface area (Å²) in [6.07, 6.45) is 0. The average Bonchev–Trinajstić information content (AvgIpc) is 2.75. The molecule has 1 aliphatic heterocycles. The van der Waals surface area contributed by atoms with E-state index in [2.05, 4.69) is 142 Å². The molecule has 0 aromatic heterocycles. The molecule has 0 bridgehead atoms. The Balaban J connectivity index is 2.14. The minimum atomic E-state index is -1.07. The van der Waals surface area contributed by atoms with Gasteiger partial charge in [0, 0.05) is 11.1 Å². The maximum atomic E-state index is 7.19. The van der Waals surface area contributed by atoms with Crippen molar-refractivity contribution in [3.63, 3.8) is 0 Å². The standard InChI is InChI=1S/C32H52N2O2P2/c1-21(2)25-17-15-18-26(22(3)4)29(25)35-37-33(31(9,10)11)38(34(37)32(12,13)14)36-30-27(23(5)6)19-16-20-28(30)24(7)8/h15-24H,1-14H3. The molecule has 6 heteroatoms. The summed E-state index contributed by atoms with van der Waals surface area (Å²) in [6, 6.07) is 13.3. The minimum absolute atomic E-state index is 0.116. The summed E-state index contributed by atoms with van der Waals surface area (Å²) in [5.74, 6) is 3.66. The summed E-state index contributed by atoms with van der Waals surface area (Å²) in [7, 11) is -2.15. The van der Waals surface area contributed by atoms with Crippen LogP contribution in [0.25, 0.3) is 0 Å². The summed E-state index contributed by atoms with van der Waals surface area (Å²) < 4.78 is 19.4. The van der Waals surface area contributed by atoms with Gasteiger partial charge in [-0.3, -0.25) is 0 Å². The van der Waals surface area contributed by atoms with Crippen LogP contribution in [0.3, 0.4) is 0 Å². The molecule has 212 valence electrons. The van der Waals surface area contributed by atoms with E-state index in [1.807, 2.05) is 0 Å². The average molecular weight is 559 g/mol. The Morgan fingerprint density at radius 2 is 0.737 bits per heavy atom. The van der Waals surface area contributed by atoms with E-state index >= 15 is 0 Å². The maximum Gasteiger partial charge on any atom is 0.264 e. The number of nitrogens with zero attached hydrogens (tertiary/aromatic N) is 2. The quantitative estimate of drug-likeness (QED) is 0.301. The summed E-state index contributed by atoms with van der Waals surface area (Å²) in [6.45, 7) is 31.8. The van der Waals surface area contributed by atoms with E-state index < -0.39 is 16.9 Å². The molecule has 0 amide bonds. The molecule has 3 rings (SSSR count).